The number of nitrogens with zero attached hydrogens (tertiary/aromatic N) is 3. The number of nitrogens with one attached hydrogen (secondary N) is 4. The molecule has 12 nitrogen and oxygen atoms in total. The zero-order valence-electron chi connectivity index (χ0n) is 25.7. The fourth-order valence-electron chi connectivity index (χ4n) is 8.91. The average Bonchev–Trinajstić information content (AvgIpc) is 2.98. The van der Waals surface area contributed by atoms with Gasteiger partial charge in [-0.25, -0.2) is 4.39 Å². The molecule has 6 aliphatic heterocycles. The van der Waals surface area contributed by atoms with Gasteiger partial charge in [-0.05, 0) is 63.5 Å². The molecule has 0 radical (unpaired) electrons. The lowest BCUT2D eigenvalue weighted by Crippen LogP contribution is -2.76. The van der Waals surface area contributed by atoms with Crippen LogP contribution in [0.15, 0.2) is 0 Å². The number of nitrogens with two attached hydrogens (primary N) is 2. The maximum Gasteiger partial charge on any atom is 0.239 e. The molecule has 43 heavy (non-hydrogen) atoms. The van der Waals surface area contributed by atoms with E-state index in [9.17, 15) is 14.0 Å². The first-order chi connectivity index (χ1) is 20.8. The summed E-state index contributed by atoms with van der Waals surface area (Å²) in [6.07, 6.45) is 3.88. The van der Waals surface area contributed by atoms with Crippen LogP contribution in [0.1, 0.15) is 38.5 Å². The highest BCUT2D eigenvalue weighted by molar-refractivity contribution is 5.82. The Balaban J connectivity index is 1.04. The second kappa shape index (κ2) is 13.9. The van der Waals surface area contributed by atoms with Gasteiger partial charge in [0, 0.05) is 45.3 Å². The smallest absolute Gasteiger partial charge is 0.239 e. The van der Waals surface area contributed by atoms with Crippen LogP contribution in [0.3, 0.4) is 0 Å². The molecule has 6 saturated heterocycles. The van der Waals surface area contributed by atoms with Crippen molar-refractivity contribution in [3.05, 3.63) is 0 Å². The van der Waals surface area contributed by atoms with Gasteiger partial charge in [-0.15, -0.1) is 0 Å². The van der Waals surface area contributed by atoms with Gasteiger partial charge < -0.3 is 41.5 Å². The van der Waals surface area contributed by atoms with Crippen LogP contribution in [0, 0.1) is 17.8 Å². The molecule has 6 fully saturated rings. The molecule has 6 aliphatic rings. The van der Waals surface area contributed by atoms with Crippen LogP contribution in [-0.2, 0) is 14.3 Å². The van der Waals surface area contributed by atoms with Crippen LogP contribution >= 0.6 is 0 Å². The zero-order valence-corrected chi connectivity index (χ0v) is 25.7. The van der Waals surface area contributed by atoms with Gasteiger partial charge in [0.15, 0.2) is 12.3 Å². The van der Waals surface area contributed by atoms with E-state index in [1.807, 2.05) is 4.90 Å². The van der Waals surface area contributed by atoms with Gasteiger partial charge in [0.25, 0.3) is 0 Å². The van der Waals surface area contributed by atoms with E-state index in [-0.39, 0.29) is 36.6 Å². The summed E-state index contributed by atoms with van der Waals surface area (Å²) < 4.78 is 20.5. The van der Waals surface area contributed by atoms with Crippen molar-refractivity contribution in [2.24, 2.45) is 29.2 Å². The molecule has 8 N–H and O–H groups in total. The summed E-state index contributed by atoms with van der Waals surface area (Å²) in [6, 6.07) is 0.344. The fraction of sp³-hybridized carbons (Fsp3) is 0.933. The second-order valence-corrected chi connectivity index (χ2v) is 14.1. The first-order valence-electron chi connectivity index (χ1n) is 16.9. The summed E-state index contributed by atoms with van der Waals surface area (Å²) in [5.74, 6) is 0.123. The SMILES string of the molecule is NC(N)C(C(=O)NC1CNCCC1C1CCC(C(=O)N2CCN(C3COC3)CC2)NC1)C1NCC(F)C[N+]12CCCCC2. The Morgan fingerprint density at radius 3 is 2.37 bits per heavy atom. The van der Waals surface area contributed by atoms with Gasteiger partial charge in [0.1, 0.15) is 12.5 Å². The van der Waals surface area contributed by atoms with Gasteiger partial charge >= 0.3 is 0 Å². The molecule has 244 valence electrons. The molecule has 0 aromatic rings. The highest BCUT2D eigenvalue weighted by atomic mass is 19.1. The summed E-state index contributed by atoms with van der Waals surface area (Å²) >= 11 is 0. The lowest BCUT2D eigenvalue weighted by atomic mass is 9.76. The summed E-state index contributed by atoms with van der Waals surface area (Å²) in [7, 11) is 0. The standard InChI is InChI=1S/C30H54FN9O3/c31-21-15-36-28(40(17-21)12-2-1-3-13-40)26(27(32)33)29(41)37-25-16-34-7-6-23(25)20-4-5-24(35-14-20)30(42)39-10-8-38(9-11-39)22-18-43-19-22/h20-28,34-36H,1-19,32-33H2/p+1. The molecular weight excluding hydrogens is 553 g/mol. The molecule has 0 saturated carbocycles. The second-order valence-electron chi connectivity index (χ2n) is 14.1. The van der Waals surface area contributed by atoms with E-state index in [1.165, 1.54) is 0 Å². The minimum atomic E-state index is -0.930. The van der Waals surface area contributed by atoms with Crippen molar-refractivity contribution in [1.82, 2.24) is 31.1 Å². The molecule has 1 spiro atoms. The fourth-order valence-corrected chi connectivity index (χ4v) is 8.91. The van der Waals surface area contributed by atoms with Crippen molar-refractivity contribution < 1.29 is 23.2 Å². The lowest BCUT2D eigenvalue weighted by molar-refractivity contribution is -0.967. The Morgan fingerprint density at radius 1 is 0.953 bits per heavy atom. The van der Waals surface area contributed by atoms with Crippen LogP contribution in [0.25, 0.3) is 0 Å². The monoisotopic (exact) mass is 608 g/mol. The molecule has 13 heteroatoms. The Morgan fingerprint density at radius 2 is 1.72 bits per heavy atom. The third kappa shape index (κ3) is 6.89. The number of hydrogen-bond acceptors (Lipinski definition) is 9. The van der Waals surface area contributed by atoms with Crippen LogP contribution in [-0.4, -0.2) is 148 Å². The number of carbonyl (C=O) groups excluding carboxylic acids is 2. The van der Waals surface area contributed by atoms with E-state index in [0.717, 1.165) is 104 Å². The Bertz CT molecular complexity index is 949. The number of ether oxygens (including phenoxy) is 1. The molecular formula is C30H55FN9O3+. The lowest BCUT2D eigenvalue weighted by Gasteiger charge is -2.53. The third-order valence-corrected chi connectivity index (χ3v) is 11.4. The van der Waals surface area contributed by atoms with Gasteiger partial charge in [-0.3, -0.25) is 19.8 Å². The van der Waals surface area contributed by atoms with E-state index in [4.69, 9.17) is 16.2 Å². The predicted molar refractivity (Wildman–Crippen MR) is 161 cm³/mol. The zero-order chi connectivity index (χ0) is 30.0. The molecule has 6 heterocycles. The normalized spacial score (nSPS) is 36.7. The van der Waals surface area contributed by atoms with Crippen molar-refractivity contribution in [3.8, 4) is 0 Å². The van der Waals surface area contributed by atoms with Crippen LogP contribution in [0.4, 0.5) is 4.39 Å². The maximum atomic E-state index is 14.6. The molecule has 2 amide bonds. The van der Waals surface area contributed by atoms with E-state index in [0.29, 0.717) is 35.5 Å². The number of piperazine rings is 1. The number of hydrogen-bond donors (Lipinski definition) is 6. The van der Waals surface area contributed by atoms with Gasteiger partial charge in [0.2, 0.25) is 11.8 Å². The first kappa shape index (κ1) is 31.5. The number of rotatable bonds is 7. The maximum absolute atomic E-state index is 14.6. The summed E-state index contributed by atoms with van der Waals surface area (Å²) in [5, 5.41) is 13.8. The van der Waals surface area contributed by atoms with Crippen molar-refractivity contribution in [1.29, 1.82) is 0 Å². The summed E-state index contributed by atoms with van der Waals surface area (Å²) in [6.45, 7) is 9.76. The minimum Gasteiger partial charge on any atom is -0.378 e. The van der Waals surface area contributed by atoms with E-state index < -0.39 is 18.3 Å². The van der Waals surface area contributed by atoms with E-state index in [1.54, 1.807) is 0 Å². The largest absolute Gasteiger partial charge is 0.378 e. The number of quaternary nitrogens is 1. The van der Waals surface area contributed by atoms with E-state index >= 15 is 0 Å². The Hall–Kier alpha value is -1.45. The van der Waals surface area contributed by atoms with Crippen molar-refractivity contribution in [2.45, 2.75) is 75.2 Å². The molecule has 6 rings (SSSR count). The topological polar surface area (TPSA) is 150 Å². The Labute approximate surface area is 255 Å². The minimum absolute atomic E-state index is 0.0440. The number of alkyl halides is 1. The molecule has 0 aliphatic carbocycles. The summed E-state index contributed by atoms with van der Waals surface area (Å²) in [5.41, 5.74) is 12.6. The van der Waals surface area contributed by atoms with Crippen molar-refractivity contribution in [3.63, 3.8) is 0 Å². The highest BCUT2D eigenvalue weighted by Crippen LogP contribution is 2.32. The van der Waals surface area contributed by atoms with Gasteiger partial charge in [-0.2, -0.15) is 0 Å². The quantitative estimate of drug-likeness (QED) is 0.144. The van der Waals surface area contributed by atoms with Gasteiger partial charge in [0.05, 0.1) is 44.6 Å². The van der Waals surface area contributed by atoms with Crippen molar-refractivity contribution >= 4 is 11.8 Å². The third-order valence-electron chi connectivity index (χ3n) is 11.4. The Kier molecular flexibility index (Phi) is 10.2. The molecule has 0 aromatic carbocycles. The number of piperidine rings is 3. The average molecular weight is 609 g/mol. The predicted octanol–water partition coefficient (Wildman–Crippen LogP) is -1.88. The van der Waals surface area contributed by atoms with Crippen LogP contribution in [0.5, 0.6) is 0 Å². The summed E-state index contributed by atoms with van der Waals surface area (Å²) in [4.78, 5) is 31.8. The van der Waals surface area contributed by atoms with E-state index in [2.05, 4.69) is 26.2 Å². The molecule has 7 atom stereocenters. The van der Waals surface area contributed by atoms with Crippen molar-refractivity contribution in [2.75, 3.05) is 85.2 Å². The molecule has 7 unspecified atom stereocenters. The molecule has 0 aromatic heterocycles. The molecule has 0 bridgehead atoms. The number of halogens is 1. The highest BCUT2D eigenvalue weighted by Gasteiger charge is 2.51. The number of carbonyl (C=O) groups is 2. The van der Waals surface area contributed by atoms with Crippen LogP contribution < -0.4 is 32.7 Å². The van der Waals surface area contributed by atoms with Gasteiger partial charge in [-0.1, -0.05) is 0 Å². The van der Waals surface area contributed by atoms with Crippen LogP contribution in [0.2, 0.25) is 0 Å². The number of amides is 2. The first-order valence-corrected chi connectivity index (χ1v) is 16.9.